The maximum atomic E-state index is 10.8. The molecule has 126 valence electrons. The molecule has 4 heteroatoms. The largest absolute Gasteiger partial charge is 0.466 e. The minimum absolute atomic E-state index is 0.498. The number of aryl methyl sites for hydroxylation is 2. The second-order valence-corrected chi connectivity index (χ2v) is 6.39. The quantitative estimate of drug-likeness (QED) is 0.603. The van der Waals surface area contributed by atoms with Gasteiger partial charge in [-0.25, -0.2) is 4.98 Å². The van der Waals surface area contributed by atoms with Gasteiger partial charge in [0.25, 0.3) is 0 Å². The lowest BCUT2D eigenvalue weighted by Crippen LogP contribution is -2.11. The van der Waals surface area contributed by atoms with Gasteiger partial charge in [-0.1, -0.05) is 35.9 Å². The summed E-state index contributed by atoms with van der Waals surface area (Å²) in [6, 6.07) is 17.9. The lowest BCUT2D eigenvalue weighted by molar-refractivity contribution is 0.176. The molecule has 2 heterocycles. The highest BCUT2D eigenvalue weighted by Gasteiger charge is 2.22. The predicted octanol–water partition coefficient (Wildman–Crippen LogP) is 4.38. The van der Waals surface area contributed by atoms with Crippen LogP contribution < -0.4 is 0 Å². The van der Waals surface area contributed by atoms with E-state index in [0.717, 1.165) is 11.0 Å². The van der Waals surface area contributed by atoms with E-state index in [-0.39, 0.29) is 0 Å². The fourth-order valence-electron chi connectivity index (χ4n) is 3.18. The Bertz CT molecular complexity index is 1020. The van der Waals surface area contributed by atoms with Gasteiger partial charge in [-0.05, 0) is 49.2 Å². The zero-order valence-electron chi connectivity index (χ0n) is 14.3. The summed E-state index contributed by atoms with van der Waals surface area (Å²) >= 11 is 0. The van der Waals surface area contributed by atoms with Crippen LogP contribution in [0.15, 0.2) is 65.3 Å². The van der Waals surface area contributed by atoms with Crippen LogP contribution in [0, 0.1) is 13.8 Å². The molecule has 0 aliphatic heterocycles. The van der Waals surface area contributed by atoms with Gasteiger partial charge >= 0.3 is 0 Å². The Morgan fingerprint density at radius 3 is 2.72 bits per heavy atom. The molecule has 0 amide bonds. The molecular weight excluding hydrogens is 312 g/mol. The van der Waals surface area contributed by atoms with E-state index in [1.54, 1.807) is 18.4 Å². The third-order valence-electron chi connectivity index (χ3n) is 4.57. The number of hydrogen-bond donors (Lipinski definition) is 1. The van der Waals surface area contributed by atoms with E-state index >= 15 is 0 Å². The van der Waals surface area contributed by atoms with Crippen molar-refractivity contribution in [2.45, 2.75) is 26.5 Å². The normalized spacial score (nSPS) is 12.6. The molecule has 4 nitrogen and oxygen atoms in total. The van der Waals surface area contributed by atoms with Crippen LogP contribution in [-0.2, 0) is 6.54 Å². The van der Waals surface area contributed by atoms with Crippen LogP contribution in [0.3, 0.4) is 0 Å². The summed E-state index contributed by atoms with van der Waals surface area (Å²) in [6.45, 7) is 4.85. The summed E-state index contributed by atoms with van der Waals surface area (Å²) in [7, 11) is 0. The number of rotatable bonds is 4. The Balaban J connectivity index is 1.86. The Morgan fingerprint density at radius 2 is 1.92 bits per heavy atom. The zero-order chi connectivity index (χ0) is 17.4. The highest BCUT2D eigenvalue weighted by atomic mass is 16.4. The number of fused-ring (bicyclic) bond motifs is 1. The number of aromatic nitrogens is 2. The van der Waals surface area contributed by atoms with E-state index in [9.17, 15) is 5.11 Å². The van der Waals surface area contributed by atoms with E-state index in [1.807, 2.05) is 24.3 Å². The molecule has 0 saturated carbocycles. The summed E-state index contributed by atoms with van der Waals surface area (Å²) < 4.78 is 7.46. The molecule has 1 atom stereocenters. The molecule has 0 bridgehead atoms. The molecule has 0 fully saturated rings. The molecule has 0 spiro atoms. The third-order valence-corrected chi connectivity index (χ3v) is 4.57. The van der Waals surface area contributed by atoms with Crippen LogP contribution in [0.1, 0.15) is 34.4 Å². The van der Waals surface area contributed by atoms with Crippen molar-refractivity contribution in [2.24, 2.45) is 0 Å². The maximum Gasteiger partial charge on any atom is 0.169 e. The fourth-order valence-corrected chi connectivity index (χ4v) is 3.18. The standard InChI is InChI=1S/C21H20N2O2/c1-14-9-10-15(2)16(12-14)13-23-18-7-4-3-6-17(18)22-21(23)20(24)19-8-5-11-25-19/h3-12,20,24H,13H2,1-2H3. The number of nitrogens with zero attached hydrogens (tertiary/aromatic N) is 2. The van der Waals surface area contributed by atoms with Crippen molar-refractivity contribution in [3.05, 3.63) is 89.1 Å². The van der Waals surface area contributed by atoms with Crippen LogP contribution in [0.25, 0.3) is 11.0 Å². The summed E-state index contributed by atoms with van der Waals surface area (Å²) in [5.41, 5.74) is 5.54. The van der Waals surface area contributed by atoms with E-state index in [0.29, 0.717) is 18.1 Å². The summed E-state index contributed by atoms with van der Waals surface area (Å²) in [5, 5.41) is 10.8. The van der Waals surface area contributed by atoms with Gasteiger partial charge < -0.3 is 14.1 Å². The smallest absolute Gasteiger partial charge is 0.169 e. The molecule has 1 N–H and O–H groups in total. The number of hydrogen-bond acceptors (Lipinski definition) is 3. The zero-order valence-corrected chi connectivity index (χ0v) is 14.3. The monoisotopic (exact) mass is 332 g/mol. The van der Waals surface area contributed by atoms with Crippen molar-refractivity contribution in [1.29, 1.82) is 0 Å². The van der Waals surface area contributed by atoms with Crippen LogP contribution in [0.5, 0.6) is 0 Å². The number of imidazole rings is 1. The van der Waals surface area contributed by atoms with E-state index in [1.165, 1.54) is 16.7 Å². The van der Waals surface area contributed by atoms with Gasteiger partial charge in [-0.15, -0.1) is 0 Å². The molecule has 0 aliphatic carbocycles. The van der Waals surface area contributed by atoms with Crippen LogP contribution in [-0.4, -0.2) is 14.7 Å². The van der Waals surface area contributed by atoms with Crippen molar-refractivity contribution < 1.29 is 9.52 Å². The topological polar surface area (TPSA) is 51.2 Å². The van der Waals surface area contributed by atoms with Gasteiger partial charge in [-0.2, -0.15) is 0 Å². The minimum Gasteiger partial charge on any atom is -0.466 e. The van der Waals surface area contributed by atoms with Gasteiger partial charge in [0.2, 0.25) is 0 Å². The summed E-state index contributed by atoms with van der Waals surface area (Å²) in [4.78, 5) is 4.67. The van der Waals surface area contributed by atoms with Gasteiger partial charge in [0.05, 0.1) is 17.3 Å². The molecule has 4 aromatic rings. The van der Waals surface area contributed by atoms with Crippen LogP contribution in [0.2, 0.25) is 0 Å². The molecule has 2 aromatic heterocycles. The van der Waals surface area contributed by atoms with Crippen LogP contribution >= 0.6 is 0 Å². The van der Waals surface area contributed by atoms with Gasteiger partial charge in [0, 0.05) is 6.54 Å². The average molecular weight is 332 g/mol. The van der Waals surface area contributed by atoms with Gasteiger partial charge in [0.1, 0.15) is 11.6 Å². The first-order valence-electron chi connectivity index (χ1n) is 8.36. The van der Waals surface area contributed by atoms with E-state index in [4.69, 9.17) is 4.42 Å². The van der Waals surface area contributed by atoms with Crippen molar-refractivity contribution >= 4 is 11.0 Å². The lowest BCUT2D eigenvalue weighted by atomic mass is 10.1. The summed E-state index contributed by atoms with van der Waals surface area (Å²) in [6.07, 6.45) is 0.670. The van der Waals surface area contributed by atoms with E-state index in [2.05, 4.69) is 41.6 Å². The molecule has 2 aromatic carbocycles. The molecular formula is C21H20N2O2. The minimum atomic E-state index is -0.896. The molecule has 1 unspecified atom stereocenters. The SMILES string of the molecule is Cc1ccc(C)c(Cn2c(C(O)c3ccco3)nc3ccccc32)c1. The van der Waals surface area contributed by atoms with Crippen molar-refractivity contribution in [2.75, 3.05) is 0 Å². The van der Waals surface area contributed by atoms with Crippen LogP contribution in [0.4, 0.5) is 0 Å². The molecule has 4 rings (SSSR count). The van der Waals surface area contributed by atoms with Gasteiger partial charge in [-0.3, -0.25) is 0 Å². The van der Waals surface area contributed by atoms with Crippen molar-refractivity contribution in [3.8, 4) is 0 Å². The maximum absolute atomic E-state index is 10.8. The highest BCUT2D eigenvalue weighted by molar-refractivity contribution is 5.76. The fraction of sp³-hybridized carbons (Fsp3) is 0.190. The number of benzene rings is 2. The highest BCUT2D eigenvalue weighted by Crippen LogP contribution is 2.27. The first-order valence-corrected chi connectivity index (χ1v) is 8.36. The van der Waals surface area contributed by atoms with E-state index < -0.39 is 6.10 Å². The Hall–Kier alpha value is -2.85. The third kappa shape index (κ3) is 2.85. The van der Waals surface area contributed by atoms with Gasteiger partial charge in [0.15, 0.2) is 6.10 Å². The number of furan rings is 1. The molecule has 0 aliphatic rings. The predicted molar refractivity (Wildman–Crippen MR) is 97.5 cm³/mol. The lowest BCUT2D eigenvalue weighted by Gasteiger charge is -2.14. The van der Waals surface area contributed by atoms with Crippen molar-refractivity contribution in [1.82, 2.24) is 9.55 Å². The second kappa shape index (κ2) is 6.22. The molecule has 0 radical (unpaired) electrons. The summed E-state index contributed by atoms with van der Waals surface area (Å²) in [5.74, 6) is 1.09. The molecule has 0 saturated heterocycles. The van der Waals surface area contributed by atoms with Crippen molar-refractivity contribution in [3.63, 3.8) is 0 Å². The first-order chi connectivity index (χ1) is 12.1. The Kier molecular flexibility index (Phi) is 3.90. The first kappa shape index (κ1) is 15.7. The number of aliphatic hydroxyl groups excluding tert-OH is 1. The number of para-hydroxylation sites is 2. The Labute approximate surface area is 146 Å². The Morgan fingerprint density at radius 1 is 1.08 bits per heavy atom. The average Bonchev–Trinajstić information content (AvgIpc) is 3.26. The second-order valence-electron chi connectivity index (χ2n) is 6.39. The number of aliphatic hydroxyl groups is 1. The molecule has 25 heavy (non-hydrogen) atoms.